The lowest BCUT2D eigenvalue weighted by atomic mass is 10.00. The Morgan fingerprint density at radius 2 is 2.12 bits per heavy atom. The van der Waals surface area contributed by atoms with Crippen molar-refractivity contribution < 1.29 is 14.3 Å². The summed E-state index contributed by atoms with van der Waals surface area (Å²) in [5.74, 6) is 0.231. The maximum atomic E-state index is 12.4. The van der Waals surface area contributed by atoms with Crippen LogP contribution in [0.2, 0.25) is 0 Å². The van der Waals surface area contributed by atoms with Gasteiger partial charge in [-0.05, 0) is 12.5 Å². The fourth-order valence-electron chi connectivity index (χ4n) is 2.76. The molecule has 0 N–H and O–H groups in total. The fourth-order valence-corrected chi connectivity index (χ4v) is 3.78. The van der Waals surface area contributed by atoms with E-state index in [1.807, 2.05) is 42.5 Å². The Morgan fingerprint density at radius 1 is 1.38 bits per heavy atom. The lowest BCUT2D eigenvalue weighted by molar-refractivity contribution is -0.137. The number of benzene rings is 1. The Balaban J connectivity index is 2.03. The van der Waals surface area contributed by atoms with Crippen LogP contribution in [0.1, 0.15) is 18.9 Å². The first-order valence-corrected chi connectivity index (χ1v) is 8.66. The monoisotopic (exact) mass is 342 g/mol. The molecule has 124 valence electrons. The minimum atomic E-state index is -0.495. The van der Waals surface area contributed by atoms with Crippen LogP contribution in [0.15, 0.2) is 52.7 Å². The van der Waals surface area contributed by atoms with Gasteiger partial charge in [-0.25, -0.2) is 9.79 Å². The quantitative estimate of drug-likeness (QED) is 0.793. The molecule has 24 heavy (non-hydrogen) atoms. The molecular formula is C18H18N2O3S. The average Bonchev–Trinajstić information content (AvgIpc) is 2.59. The van der Waals surface area contributed by atoms with Gasteiger partial charge >= 0.3 is 5.97 Å². The van der Waals surface area contributed by atoms with Gasteiger partial charge in [-0.15, -0.1) is 0 Å². The van der Waals surface area contributed by atoms with E-state index < -0.39 is 12.0 Å². The number of carbonyl (C=O) groups excluding carboxylic acids is 2. The molecule has 1 atom stereocenters. The van der Waals surface area contributed by atoms with Crippen LogP contribution in [-0.4, -0.2) is 40.8 Å². The van der Waals surface area contributed by atoms with E-state index in [0.29, 0.717) is 28.6 Å². The Hall–Kier alpha value is -2.34. The van der Waals surface area contributed by atoms with E-state index in [1.54, 1.807) is 11.8 Å². The Bertz CT molecular complexity index is 753. The number of carbonyl (C=O) groups is 2. The van der Waals surface area contributed by atoms with E-state index in [9.17, 15) is 9.59 Å². The molecule has 2 aliphatic rings. The highest BCUT2D eigenvalue weighted by Gasteiger charge is 2.39. The summed E-state index contributed by atoms with van der Waals surface area (Å²) < 4.78 is 4.91. The third kappa shape index (κ3) is 3.14. The fraction of sp³-hybridized carbons (Fsp3) is 0.278. The SMILES string of the molecule is COC(=O)C1=C(C)N=C2SCCC(=O)N2[C@@H]1/C=C/c1ccccc1. The number of allylic oxidation sites excluding steroid dienone is 1. The number of amides is 1. The van der Waals surface area contributed by atoms with Gasteiger partial charge in [0.25, 0.3) is 0 Å². The lowest BCUT2D eigenvalue weighted by Gasteiger charge is -2.37. The van der Waals surface area contributed by atoms with Gasteiger partial charge < -0.3 is 4.74 Å². The normalized spacial score (nSPS) is 20.9. The van der Waals surface area contributed by atoms with Crippen LogP contribution in [0.25, 0.3) is 6.08 Å². The summed E-state index contributed by atoms with van der Waals surface area (Å²) in [4.78, 5) is 30.7. The average molecular weight is 342 g/mol. The number of nitrogens with zero attached hydrogens (tertiary/aromatic N) is 2. The van der Waals surface area contributed by atoms with E-state index in [4.69, 9.17) is 4.74 Å². The van der Waals surface area contributed by atoms with E-state index >= 15 is 0 Å². The number of aliphatic imine (C=N–C) groups is 1. The Labute approximate surface area is 145 Å². The highest BCUT2D eigenvalue weighted by atomic mass is 32.2. The number of rotatable bonds is 3. The largest absolute Gasteiger partial charge is 0.466 e. The summed E-state index contributed by atoms with van der Waals surface area (Å²) >= 11 is 1.54. The maximum Gasteiger partial charge on any atom is 0.338 e. The minimum Gasteiger partial charge on any atom is -0.466 e. The molecule has 0 bridgehead atoms. The van der Waals surface area contributed by atoms with Crippen molar-refractivity contribution in [3.8, 4) is 0 Å². The van der Waals surface area contributed by atoms with E-state index in [-0.39, 0.29) is 5.91 Å². The summed E-state index contributed by atoms with van der Waals surface area (Å²) in [7, 11) is 1.34. The molecule has 0 aromatic heterocycles. The highest BCUT2D eigenvalue weighted by molar-refractivity contribution is 8.14. The third-order valence-corrected chi connectivity index (χ3v) is 4.88. The van der Waals surface area contributed by atoms with Crippen LogP contribution in [-0.2, 0) is 14.3 Å². The Kier molecular flexibility index (Phi) is 4.85. The predicted molar refractivity (Wildman–Crippen MR) is 95.3 cm³/mol. The van der Waals surface area contributed by atoms with Crippen LogP contribution >= 0.6 is 11.8 Å². The van der Waals surface area contributed by atoms with E-state index in [1.165, 1.54) is 18.9 Å². The van der Waals surface area contributed by atoms with Crippen LogP contribution in [0.5, 0.6) is 0 Å². The summed E-state index contributed by atoms with van der Waals surface area (Å²) in [6.07, 6.45) is 4.22. The van der Waals surface area contributed by atoms with Crippen LogP contribution in [0, 0.1) is 0 Å². The molecule has 3 rings (SSSR count). The predicted octanol–water partition coefficient (Wildman–Crippen LogP) is 2.85. The van der Waals surface area contributed by atoms with Gasteiger partial charge in [-0.2, -0.15) is 0 Å². The molecule has 0 radical (unpaired) electrons. The highest BCUT2D eigenvalue weighted by Crippen LogP contribution is 2.32. The molecule has 0 unspecified atom stereocenters. The van der Waals surface area contributed by atoms with Gasteiger partial charge in [0.05, 0.1) is 24.4 Å². The van der Waals surface area contributed by atoms with Crippen LogP contribution in [0.3, 0.4) is 0 Å². The van der Waals surface area contributed by atoms with E-state index in [0.717, 1.165) is 5.56 Å². The van der Waals surface area contributed by atoms with E-state index in [2.05, 4.69) is 4.99 Å². The number of hydrogen-bond acceptors (Lipinski definition) is 5. The molecule has 1 amide bonds. The number of fused-ring (bicyclic) bond motifs is 1. The Morgan fingerprint density at radius 3 is 2.83 bits per heavy atom. The topological polar surface area (TPSA) is 59.0 Å². The third-order valence-electron chi connectivity index (χ3n) is 3.92. The number of amidine groups is 1. The van der Waals surface area contributed by atoms with Gasteiger partial charge in [0, 0.05) is 12.2 Å². The smallest absolute Gasteiger partial charge is 0.338 e. The number of hydrogen-bond donors (Lipinski definition) is 0. The van der Waals surface area contributed by atoms with Crippen molar-refractivity contribution in [1.82, 2.24) is 4.90 Å². The molecule has 2 heterocycles. The van der Waals surface area contributed by atoms with Crippen molar-refractivity contribution in [1.29, 1.82) is 0 Å². The molecule has 1 fully saturated rings. The second-order valence-electron chi connectivity index (χ2n) is 5.46. The first kappa shape index (κ1) is 16.5. The molecule has 2 aliphatic heterocycles. The molecule has 0 aliphatic carbocycles. The summed E-state index contributed by atoms with van der Waals surface area (Å²) in [5, 5.41) is 0.652. The number of ether oxygens (including phenoxy) is 1. The molecule has 6 heteroatoms. The number of thioether (sulfide) groups is 1. The van der Waals surface area contributed by atoms with Gasteiger partial charge in [0.1, 0.15) is 0 Å². The van der Waals surface area contributed by atoms with Crippen molar-refractivity contribution in [2.45, 2.75) is 19.4 Å². The second kappa shape index (κ2) is 7.05. The van der Waals surface area contributed by atoms with Crippen molar-refractivity contribution in [2.24, 2.45) is 4.99 Å². The van der Waals surface area contributed by atoms with Gasteiger partial charge in [-0.3, -0.25) is 9.69 Å². The van der Waals surface area contributed by atoms with Crippen molar-refractivity contribution in [2.75, 3.05) is 12.9 Å². The summed E-state index contributed by atoms with van der Waals surface area (Å²) in [6.45, 7) is 1.78. The molecular weight excluding hydrogens is 324 g/mol. The van der Waals surface area contributed by atoms with Crippen LogP contribution in [0.4, 0.5) is 0 Å². The first-order chi connectivity index (χ1) is 11.6. The number of esters is 1. The van der Waals surface area contributed by atoms with Gasteiger partial charge in [-0.1, -0.05) is 54.2 Å². The molecule has 1 saturated heterocycles. The second-order valence-corrected chi connectivity index (χ2v) is 6.52. The van der Waals surface area contributed by atoms with Crippen LogP contribution < -0.4 is 0 Å². The van der Waals surface area contributed by atoms with Gasteiger partial charge in [0.15, 0.2) is 5.17 Å². The standard InChI is InChI=1S/C18H18N2O3S/c1-12-16(17(22)23-2)14(9-8-13-6-4-3-5-7-13)20-15(21)10-11-24-18(20)19-12/h3-9,14H,10-11H2,1-2H3/b9-8+/t14-/m1/s1. The molecule has 0 saturated carbocycles. The number of methoxy groups -OCH3 is 1. The van der Waals surface area contributed by atoms with Crippen molar-refractivity contribution in [3.05, 3.63) is 53.2 Å². The summed E-state index contributed by atoms with van der Waals surface area (Å²) in [5.41, 5.74) is 2.00. The van der Waals surface area contributed by atoms with Crippen molar-refractivity contribution >= 4 is 34.9 Å². The van der Waals surface area contributed by atoms with Gasteiger partial charge in [0.2, 0.25) is 5.91 Å². The summed E-state index contributed by atoms with van der Waals surface area (Å²) in [6, 6.07) is 9.27. The maximum absolute atomic E-state index is 12.4. The molecule has 1 aromatic rings. The first-order valence-electron chi connectivity index (χ1n) is 7.67. The zero-order valence-corrected chi connectivity index (χ0v) is 14.4. The van der Waals surface area contributed by atoms with Crippen molar-refractivity contribution in [3.63, 3.8) is 0 Å². The molecule has 5 nitrogen and oxygen atoms in total. The zero-order valence-electron chi connectivity index (χ0n) is 13.6. The zero-order chi connectivity index (χ0) is 17.1. The molecule has 1 aromatic carbocycles. The minimum absolute atomic E-state index is 0.0240. The lowest BCUT2D eigenvalue weighted by Crippen LogP contribution is -2.49. The molecule has 0 spiro atoms.